The van der Waals surface area contributed by atoms with Gasteiger partial charge in [-0.05, 0) is 44.9 Å². The first-order valence-electron chi connectivity index (χ1n) is 17.1. The van der Waals surface area contributed by atoms with Gasteiger partial charge in [-0.25, -0.2) is 0 Å². The van der Waals surface area contributed by atoms with Crippen LogP contribution in [0.1, 0.15) is 162 Å². The van der Waals surface area contributed by atoms with Crippen LogP contribution in [0.15, 0.2) is 36.5 Å². The molecule has 0 saturated heterocycles. The summed E-state index contributed by atoms with van der Waals surface area (Å²) in [6.45, 7) is 5.19. The van der Waals surface area contributed by atoms with Crippen molar-refractivity contribution in [2.75, 3.05) is 19.8 Å². The first-order valence-corrected chi connectivity index (χ1v) is 17.1. The van der Waals surface area contributed by atoms with E-state index in [0.717, 1.165) is 51.4 Å². The third-order valence-corrected chi connectivity index (χ3v) is 7.23. The summed E-state index contributed by atoms with van der Waals surface area (Å²) < 4.78 is 11.1. The molecule has 234 valence electrons. The second-order valence-electron chi connectivity index (χ2n) is 11.2. The maximum Gasteiger partial charge on any atom is 0.306 e. The quantitative estimate of drug-likeness (QED) is 0.0518. The number of carbonyl (C=O) groups is 1. The normalized spacial score (nSPS) is 12.8. The average Bonchev–Trinajstić information content (AvgIpc) is 2.96. The number of unbranched alkanes of at least 4 members (excludes halogenated alkanes) is 17. The molecule has 1 atom stereocenters. The van der Waals surface area contributed by atoms with Gasteiger partial charge in [0.05, 0.1) is 13.2 Å². The molecule has 0 aliphatic carbocycles. The Labute approximate surface area is 249 Å². The molecule has 1 N–H and O–H groups in total. The third-order valence-electron chi connectivity index (χ3n) is 7.23. The Morgan fingerprint density at radius 1 is 0.625 bits per heavy atom. The van der Waals surface area contributed by atoms with E-state index in [9.17, 15) is 9.90 Å². The largest absolute Gasteiger partial charge is 0.457 e. The van der Waals surface area contributed by atoms with Crippen molar-refractivity contribution in [1.29, 1.82) is 0 Å². The minimum Gasteiger partial charge on any atom is -0.457 e. The van der Waals surface area contributed by atoms with E-state index in [1.807, 2.05) is 0 Å². The molecule has 0 aliphatic heterocycles. The van der Waals surface area contributed by atoms with Crippen LogP contribution in [0.25, 0.3) is 0 Å². The molecule has 0 aliphatic rings. The minimum absolute atomic E-state index is 0.179. The molecule has 0 aromatic heterocycles. The molecular formula is C36H66O4. The standard InChI is InChI=1S/C36H66O4/c1-3-5-7-9-11-13-15-17-19-21-23-25-27-29-31-36(38)40-35(33-37)34-39-32-30-28-26-24-22-20-18-16-14-12-10-8-6-4-2/h6,8,12,14,18,20,35,37H,3-5,7,9-11,13,15-17,19,21-34H2,1-2H3/b8-6-,14-12-,20-18-. The van der Waals surface area contributed by atoms with Crippen LogP contribution in [0.5, 0.6) is 0 Å². The van der Waals surface area contributed by atoms with E-state index in [-0.39, 0.29) is 19.2 Å². The molecule has 0 spiro atoms. The molecule has 4 heteroatoms. The average molecular weight is 563 g/mol. The Morgan fingerprint density at radius 3 is 1.70 bits per heavy atom. The second kappa shape index (κ2) is 33.8. The van der Waals surface area contributed by atoms with Crippen LogP contribution in [-0.4, -0.2) is 37.0 Å². The van der Waals surface area contributed by atoms with Gasteiger partial charge in [-0.15, -0.1) is 0 Å². The summed E-state index contributed by atoms with van der Waals surface area (Å²) in [6.07, 6.45) is 40.3. The van der Waals surface area contributed by atoms with Crippen molar-refractivity contribution in [2.24, 2.45) is 0 Å². The van der Waals surface area contributed by atoms with Crippen LogP contribution in [-0.2, 0) is 14.3 Å². The fourth-order valence-corrected chi connectivity index (χ4v) is 4.69. The van der Waals surface area contributed by atoms with Crippen LogP contribution in [0, 0.1) is 0 Å². The molecule has 4 nitrogen and oxygen atoms in total. The van der Waals surface area contributed by atoms with Crippen molar-refractivity contribution in [2.45, 2.75) is 168 Å². The van der Waals surface area contributed by atoms with Gasteiger partial charge in [0.15, 0.2) is 0 Å². The maximum absolute atomic E-state index is 12.1. The maximum atomic E-state index is 12.1. The molecular weight excluding hydrogens is 496 g/mol. The van der Waals surface area contributed by atoms with Gasteiger partial charge in [0, 0.05) is 13.0 Å². The van der Waals surface area contributed by atoms with Crippen molar-refractivity contribution in [3.63, 3.8) is 0 Å². The lowest BCUT2D eigenvalue weighted by Crippen LogP contribution is -2.27. The van der Waals surface area contributed by atoms with Gasteiger partial charge < -0.3 is 14.6 Å². The Hall–Kier alpha value is -1.39. The van der Waals surface area contributed by atoms with Crippen molar-refractivity contribution < 1.29 is 19.4 Å². The highest BCUT2D eigenvalue weighted by molar-refractivity contribution is 5.69. The SMILES string of the molecule is CC/C=C\C/C=C\C/C=C\CCCCCCOCC(CO)OC(=O)CCCCCCCCCCCCCCCC. The fraction of sp³-hybridized carbons (Fsp3) is 0.806. The Morgan fingerprint density at radius 2 is 1.12 bits per heavy atom. The zero-order valence-electron chi connectivity index (χ0n) is 26.6. The summed E-state index contributed by atoms with van der Waals surface area (Å²) in [5.74, 6) is -0.210. The van der Waals surface area contributed by atoms with E-state index in [4.69, 9.17) is 9.47 Å². The highest BCUT2D eigenvalue weighted by Crippen LogP contribution is 2.14. The summed E-state index contributed by atoms with van der Waals surface area (Å²) >= 11 is 0. The topological polar surface area (TPSA) is 55.8 Å². The number of esters is 1. The number of hydrogen-bond donors (Lipinski definition) is 1. The number of aliphatic hydroxyl groups excluding tert-OH is 1. The van der Waals surface area contributed by atoms with E-state index in [2.05, 4.69) is 50.3 Å². The van der Waals surface area contributed by atoms with Gasteiger partial charge in [-0.3, -0.25) is 4.79 Å². The summed E-state index contributed by atoms with van der Waals surface area (Å²) in [5, 5.41) is 9.52. The zero-order chi connectivity index (χ0) is 29.2. The highest BCUT2D eigenvalue weighted by atomic mass is 16.6. The molecule has 0 bridgehead atoms. The van der Waals surface area contributed by atoms with Crippen LogP contribution in [0.3, 0.4) is 0 Å². The molecule has 40 heavy (non-hydrogen) atoms. The van der Waals surface area contributed by atoms with Crippen LogP contribution < -0.4 is 0 Å². The van der Waals surface area contributed by atoms with Gasteiger partial charge in [0.1, 0.15) is 6.10 Å². The fourth-order valence-electron chi connectivity index (χ4n) is 4.69. The van der Waals surface area contributed by atoms with E-state index in [1.54, 1.807) is 0 Å². The molecule has 0 fully saturated rings. The molecule has 1 unspecified atom stereocenters. The van der Waals surface area contributed by atoms with E-state index in [1.165, 1.54) is 89.9 Å². The predicted octanol–water partition coefficient (Wildman–Crippen LogP) is 10.6. The van der Waals surface area contributed by atoms with Gasteiger partial charge in [0.2, 0.25) is 0 Å². The Bertz CT molecular complexity index is 596. The molecule has 0 aromatic rings. The van der Waals surface area contributed by atoms with E-state index >= 15 is 0 Å². The van der Waals surface area contributed by atoms with E-state index in [0.29, 0.717) is 13.0 Å². The molecule has 0 rings (SSSR count). The third kappa shape index (κ3) is 31.1. The van der Waals surface area contributed by atoms with Gasteiger partial charge in [0.25, 0.3) is 0 Å². The first kappa shape index (κ1) is 38.6. The second-order valence-corrected chi connectivity index (χ2v) is 11.2. The summed E-state index contributed by atoms with van der Waals surface area (Å²) in [7, 11) is 0. The molecule has 0 radical (unpaired) electrons. The van der Waals surface area contributed by atoms with Crippen LogP contribution >= 0.6 is 0 Å². The van der Waals surface area contributed by atoms with Crippen LogP contribution in [0.2, 0.25) is 0 Å². The molecule has 0 aromatic carbocycles. The van der Waals surface area contributed by atoms with Crippen molar-refractivity contribution >= 4 is 5.97 Å². The smallest absolute Gasteiger partial charge is 0.306 e. The Balaban J connectivity index is 3.48. The van der Waals surface area contributed by atoms with Crippen molar-refractivity contribution in [3.8, 4) is 0 Å². The van der Waals surface area contributed by atoms with Gasteiger partial charge in [-0.1, -0.05) is 147 Å². The van der Waals surface area contributed by atoms with Crippen LogP contribution in [0.4, 0.5) is 0 Å². The number of aliphatic hydroxyl groups is 1. The highest BCUT2D eigenvalue weighted by Gasteiger charge is 2.13. The summed E-state index contributed by atoms with van der Waals surface area (Å²) in [4.78, 5) is 12.1. The number of carbonyl (C=O) groups excluding carboxylic acids is 1. The van der Waals surface area contributed by atoms with Crippen molar-refractivity contribution in [1.82, 2.24) is 0 Å². The number of hydrogen-bond acceptors (Lipinski definition) is 4. The molecule has 0 amide bonds. The van der Waals surface area contributed by atoms with Crippen molar-refractivity contribution in [3.05, 3.63) is 36.5 Å². The number of rotatable bonds is 31. The predicted molar refractivity (Wildman–Crippen MR) is 173 cm³/mol. The van der Waals surface area contributed by atoms with Gasteiger partial charge in [-0.2, -0.15) is 0 Å². The Kier molecular flexibility index (Phi) is 32.6. The lowest BCUT2D eigenvalue weighted by molar-refractivity contribution is -0.154. The number of ether oxygens (including phenoxy) is 2. The monoisotopic (exact) mass is 562 g/mol. The lowest BCUT2D eigenvalue weighted by Gasteiger charge is -2.15. The first-order chi connectivity index (χ1) is 19.7. The summed E-state index contributed by atoms with van der Waals surface area (Å²) in [5.41, 5.74) is 0. The zero-order valence-corrected chi connectivity index (χ0v) is 26.6. The lowest BCUT2D eigenvalue weighted by atomic mass is 10.0. The molecule has 0 saturated carbocycles. The number of allylic oxidation sites excluding steroid dienone is 6. The minimum atomic E-state index is -0.541. The van der Waals surface area contributed by atoms with E-state index < -0.39 is 6.10 Å². The molecule has 0 heterocycles. The van der Waals surface area contributed by atoms with Gasteiger partial charge >= 0.3 is 5.97 Å². The summed E-state index contributed by atoms with van der Waals surface area (Å²) in [6, 6.07) is 0.